The summed E-state index contributed by atoms with van der Waals surface area (Å²) in [6.45, 7) is 1.88. The fourth-order valence-electron chi connectivity index (χ4n) is 1.02. The van der Waals surface area contributed by atoms with Crippen molar-refractivity contribution in [1.82, 2.24) is 4.98 Å². The molecule has 2 aromatic heterocycles. The van der Waals surface area contributed by atoms with Gasteiger partial charge in [0.25, 0.3) is 0 Å². The van der Waals surface area contributed by atoms with Crippen molar-refractivity contribution in [2.45, 2.75) is 6.92 Å². The van der Waals surface area contributed by atoms with Gasteiger partial charge in [-0.3, -0.25) is 4.98 Å². The summed E-state index contributed by atoms with van der Waals surface area (Å²) in [6, 6.07) is 3.64. The van der Waals surface area contributed by atoms with Gasteiger partial charge in [-0.1, -0.05) is 11.6 Å². The fourth-order valence-corrected chi connectivity index (χ4v) is 1.16. The van der Waals surface area contributed by atoms with E-state index in [0.717, 1.165) is 16.9 Å². The first-order chi connectivity index (χ1) is 5.25. The fraction of sp³-hybridized carbons (Fsp3) is 0.125. The summed E-state index contributed by atoms with van der Waals surface area (Å²) < 4.78 is 5.30. The summed E-state index contributed by atoms with van der Waals surface area (Å²) in [6.07, 6.45) is 1.61. The molecule has 0 aliphatic carbocycles. The van der Waals surface area contributed by atoms with Crippen molar-refractivity contribution in [2.75, 3.05) is 0 Å². The molecule has 0 spiro atoms. The number of nitrogens with zero attached hydrogens (tertiary/aromatic N) is 1. The maximum absolute atomic E-state index is 5.71. The molecule has 0 fully saturated rings. The van der Waals surface area contributed by atoms with Crippen LogP contribution in [0.15, 0.2) is 22.7 Å². The highest BCUT2D eigenvalue weighted by Gasteiger charge is 2.00. The molecule has 0 radical (unpaired) electrons. The van der Waals surface area contributed by atoms with E-state index in [1.54, 1.807) is 12.3 Å². The molecule has 2 rings (SSSR count). The SMILES string of the molecule is Cc1cc2ncc(Cl)cc2o1. The number of aryl methyl sites for hydroxylation is 1. The molecule has 56 valence electrons. The molecule has 0 aromatic carbocycles. The lowest BCUT2D eigenvalue weighted by atomic mass is 10.4. The van der Waals surface area contributed by atoms with Crippen molar-refractivity contribution in [1.29, 1.82) is 0 Å². The van der Waals surface area contributed by atoms with Gasteiger partial charge in [0.2, 0.25) is 0 Å². The van der Waals surface area contributed by atoms with E-state index in [1.807, 2.05) is 13.0 Å². The van der Waals surface area contributed by atoms with Crippen LogP contribution in [0, 0.1) is 6.92 Å². The van der Waals surface area contributed by atoms with E-state index in [2.05, 4.69) is 4.98 Å². The molecule has 3 heteroatoms. The maximum Gasteiger partial charge on any atom is 0.154 e. The Bertz CT molecular complexity index is 394. The lowest BCUT2D eigenvalue weighted by molar-refractivity contribution is 0.578. The van der Waals surface area contributed by atoms with Gasteiger partial charge in [0.1, 0.15) is 11.3 Å². The summed E-state index contributed by atoms with van der Waals surface area (Å²) in [4.78, 5) is 4.08. The Kier molecular flexibility index (Phi) is 1.36. The molecular formula is C8H6ClNO. The van der Waals surface area contributed by atoms with Crippen LogP contribution in [0.5, 0.6) is 0 Å². The zero-order valence-corrected chi connectivity index (χ0v) is 6.72. The Balaban J connectivity index is 2.82. The number of furan rings is 1. The van der Waals surface area contributed by atoms with Gasteiger partial charge in [0.15, 0.2) is 5.58 Å². The number of aromatic nitrogens is 1. The zero-order chi connectivity index (χ0) is 7.84. The van der Waals surface area contributed by atoms with E-state index in [1.165, 1.54) is 0 Å². The van der Waals surface area contributed by atoms with Crippen molar-refractivity contribution in [3.8, 4) is 0 Å². The number of rotatable bonds is 0. The molecule has 0 aliphatic heterocycles. The van der Waals surface area contributed by atoms with E-state index < -0.39 is 0 Å². The van der Waals surface area contributed by atoms with E-state index in [0.29, 0.717) is 5.02 Å². The smallest absolute Gasteiger partial charge is 0.154 e. The van der Waals surface area contributed by atoms with Gasteiger partial charge in [-0.2, -0.15) is 0 Å². The van der Waals surface area contributed by atoms with Gasteiger partial charge in [0, 0.05) is 18.3 Å². The van der Waals surface area contributed by atoms with E-state index >= 15 is 0 Å². The van der Waals surface area contributed by atoms with Crippen LogP contribution in [0.4, 0.5) is 0 Å². The molecule has 2 aromatic rings. The second-order valence-corrected chi connectivity index (χ2v) is 2.83. The van der Waals surface area contributed by atoms with Gasteiger partial charge in [-0.25, -0.2) is 0 Å². The predicted molar refractivity (Wildman–Crippen MR) is 43.8 cm³/mol. The van der Waals surface area contributed by atoms with Crippen molar-refractivity contribution in [3.63, 3.8) is 0 Å². The first kappa shape index (κ1) is 6.68. The summed E-state index contributed by atoms with van der Waals surface area (Å²) in [5, 5.41) is 0.604. The third-order valence-corrected chi connectivity index (χ3v) is 1.67. The van der Waals surface area contributed by atoms with Gasteiger partial charge >= 0.3 is 0 Å². The summed E-state index contributed by atoms with van der Waals surface area (Å²) in [7, 11) is 0. The lowest BCUT2D eigenvalue weighted by Crippen LogP contribution is -1.70. The average Bonchev–Trinajstić information content (AvgIpc) is 2.27. The van der Waals surface area contributed by atoms with Crippen LogP contribution < -0.4 is 0 Å². The van der Waals surface area contributed by atoms with Crippen molar-refractivity contribution in [2.24, 2.45) is 0 Å². The minimum atomic E-state index is 0.604. The Hall–Kier alpha value is -1.02. The largest absolute Gasteiger partial charge is 0.460 e. The molecule has 2 nitrogen and oxygen atoms in total. The van der Waals surface area contributed by atoms with Crippen LogP contribution in [-0.4, -0.2) is 4.98 Å². The van der Waals surface area contributed by atoms with Crippen LogP contribution in [0.2, 0.25) is 5.02 Å². The molecule has 0 unspecified atom stereocenters. The molecular weight excluding hydrogens is 162 g/mol. The van der Waals surface area contributed by atoms with Crippen LogP contribution in [0.3, 0.4) is 0 Å². The number of pyridine rings is 1. The highest BCUT2D eigenvalue weighted by Crippen LogP contribution is 2.19. The standard InChI is InChI=1S/C8H6ClNO/c1-5-2-7-8(11-5)3-6(9)4-10-7/h2-4H,1H3. The van der Waals surface area contributed by atoms with Crippen molar-refractivity contribution >= 4 is 22.7 Å². The van der Waals surface area contributed by atoms with Crippen molar-refractivity contribution < 1.29 is 4.42 Å². The van der Waals surface area contributed by atoms with E-state index in [9.17, 15) is 0 Å². The first-order valence-electron chi connectivity index (χ1n) is 3.27. The number of halogens is 1. The molecule has 0 saturated carbocycles. The molecule has 2 heterocycles. The normalized spacial score (nSPS) is 10.7. The van der Waals surface area contributed by atoms with Crippen LogP contribution in [0.25, 0.3) is 11.1 Å². The number of hydrogen-bond donors (Lipinski definition) is 0. The monoisotopic (exact) mass is 167 g/mol. The van der Waals surface area contributed by atoms with Gasteiger partial charge in [-0.05, 0) is 6.92 Å². The third-order valence-electron chi connectivity index (χ3n) is 1.46. The molecule has 0 saturated heterocycles. The van der Waals surface area contributed by atoms with E-state index in [-0.39, 0.29) is 0 Å². The molecule has 0 bridgehead atoms. The van der Waals surface area contributed by atoms with Gasteiger partial charge < -0.3 is 4.42 Å². The molecule has 0 amide bonds. The van der Waals surface area contributed by atoms with E-state index in [4.69, 9.17) is 16.0 Å². The Labute approximate surface area is 68.8 Å². The molecule has 0 atom stereocenters. The van der Waals surface area contributed by atoms with Gasteiger partial charge in [0.05, 0.1) is 5.02 Å². The minimum absolute atomic E-state index is 0.604. The maximum atomic E-state index is 5.71. The predicted octanol–water partition coefficient (Wildman–Crippen LogP) is 2.79. The highest BCUT2D eigenvalue weighted by atomic mass is 35.5. The molecule has 0 N–H and O–H groups in total. The Morgan fingerprint density at radius 3 is 3.09 bits per heavy atom. The molecule has 0 aliphatic rings. The quantitative estimate of drug-likeness (QED) is 0.603. The highest BCUT2D eigenvalue weighted by molar-refractivity contribution is 6.30. The second-order valence-electron chi connectivity index (χ2n) is 2.39. The Morgan fingerprint density at radius 2 is 2.27 bits per heavy atom. The van der Waals surface area contributed by atoms with Crippen LogP contribution in [-0.2, 0) is 0 Å². The second kappa shape index (κ2) is 2.24. The topological polar surface area (TPSA) is 26.0 Å². The first-order valence-corrected chi connectivity index (χ1v) is 3.65. The minimum Gasteiger partial charge on any atom is -0.460 e. The lowest BCUT2D eigenvalue weighted by Gasteiger charge is -1.86. The summed E-state index contributed by atoms with van der Waals surface area (Å²) in [5.74, 6) is 0.856. The van der Waals surface area contributed by atoms with Gasteiger partial charge in [-0.15, -0.1) is 0 Å². The Morgan fingerprint density at radius 1 is 1.45 bits per heavy atom. The average molecular weight is 168 g/mol. The van der Waals surface area contributed by atoms with Crippen LogP contribution >= 0.6 is 11.6 Å². The number of fused-ring (bicyclic) bond motifs is 1. The zero-order valence-electron chi connectivity index (χ0n) is 5.97. The number of hydrogen-bond acceptors (Lipinski definition) is 2. The summed E-state index contributed by atoms with van der Waals surface area (Å²) in [5.41, 5.74) is 1.60. The third kappa shape index (κ3) is 1.10. The summed E-state index contributed by atoms with van der Waals surface area (Å²) >= 11 is 5.71. The van der Waals surface area contributed by atoms with Crippen LogP contribution in [0.1, 0.15) is 5.76 Å². The van der Waals surface area contributed by atoms with Crippen molar-refractivity contribution in [3.05, 3.63) is 29.1 Å². The molecule has 11 heavy (non-hydrogen) atoms.